The van der Waals surface area contributed by atoms with Crippen LogP contribution in [0.5, 0.6) is 5.75 Å². The average Bonchev–Trinajstić information content (AvgIpc) is 3.25. The van der Waals surface area contributed by atoms with Crippen LogP contribution < -0.4 is 10.1 Å². The van der Waals surface area contributed by atoms with Crippen LogP contribution in [0.15, 0.2) is 48.8 Å². The molecule has 0 spiro atoms. The van der Waals surface area contributed by atoms with Gasteiger partial charge in [0.05, 0.1) is 25.1 Å². The fourth-order valence-electron chi connectivity index (χ4n) is 3.23. The second-order valence-corrected chi connectivity index (χ2v) is 7.15. The molecule has 1 saturated heterocycles. The van der Waals surface area contributed by atoms with Gasteiger partial charge >= 0.3 is 0 Å². The number of benzene rings is 1. The van der Waals surface area contributed by atoms with Crippen molar-refractivity contribution in [3.05, 3.63) is 65.7 Å². The lowest BCUT2D eigenvalue weighted by Crippen LogP contribution is -2.13. The van der Waals surface area contributed by atoms with Crippen LogP contribution in [0.2, 0.25) is 0 Å². The van der Waals surface area contributed by atoms with Crippen LogP contribution in [0.1, 0.15) is 17.5 Å². The number of ether oxygens (including phenoxy) is 2. The summed E-state index contributed by atoms with van der Waals surface area (Å²) in [5.74, 6) is 1.57. The number of aryl methyl sites for hydroxylation is 1. The van der Waals surface area contributed by atoms with E-state index in [1.165, 1.54) is 12.1 Å². The highest BCUT2D eigenvalue weighted by Crippen LogP contribution is 2.23. The van der Waals surface area contributed by atoms with Gasteiger partial charge in [0.1, 0.15) is 11.6 Å². The zero-order chi connectivity index (χ0) is 20.1. The zero-order valence-corrected chi connectivity index (χ0v) is 16.3. The van der Waals surface area contributed by atoms with Gasteiger partial charge in [0, 0.05) is 36.4 Å². The predicted octanol–water partition coefficient (Wildman–Crippen LogP) is 4.01. The maximum atomic E-state index is 13.5. The van der Waals surface area contributed by atoms with Crippen molar-refractivity contribution < 1.29 is 13.9 Å². The Morgan fingerprint density at radius 1 is 1.24 bits per heavy atom. The molecule has 1 unspecified atom stereocenters. The number of hydrogen-bond donors (Lipinski definition) is 1. The number of rotatable bonds is 7. The lowest BCUT2D eigenvalue weighted by Gasteiger charge is -2.15. The van der Waals surface area contributed by atoms with Gasteiger partial charge in [0.25, 0.3) is 0 Å². The van der Waals surface area contributed by atoms with Crippen molar-refractivity contribution in [3.63, 3.8) is 0 Å². The summed E-state index contributed by atoms with van der Waals surface area (Å²) in [5, 5.41) is 11.8. The van der Waals surface area contributed by atoms with Crippen molar-refractivity contribution in [1.29, 1.82) is 0 Å². The highest BCUT2D eigenvalue weighted by Gasteiger charge is 2.17. The highest BCUT2D eigenvalue weighted by atomic mass is 19.1. The molecular formula is C22H23FN4O2. The number of aromatic nitrogens is 3. The van der Waals surface area contributed by atoms with Gasteiger partial charge in [0.2, 0.25) is 0 Å². The third kappa shape index (κ3) is 4.86. The predicted molar refractivity (Wildman–Crippen MR) is 108 cm³/mol. The monoisotopic (exact) mass is 394 g/mol. The van der Waals surface area contributed by atoms with Crippen LogP contribution in [0, 0.1) is 18.7 Å². The van der Waals surface area contributed by atoms with Gasteiger partial charge in [-0.1, -0.05) is 12.1 Å². The molecule has 1 atom stereocenters. The van der Waals surface area contributed by atoms with Crippen LogP contribution in [0.3, 0.4) is 0 Å². The minimum Gasteiger partial charge on any atom is -0.491 e. The molecule has 2 aromatic heterocycles. The van der Waals surface area contributed by atoms with E-state index in [4.69, 9.17) is 9.47 Å². The summed E-state index contributed by atoms with van der Waals surface area (Å²) < 4.78 is 24.8. The first-order valence-electron chi connectivity index (χ1n) is 9.66. The molecule has 1 N–H and O–H groups in total. The second kappa shape index (κ2) is 8.96. The number of pyridine rings is 1. The minimum atomic E-state index is -0.293. The summed E-state index contributed by atoms with van der Waals surface area (Å²) in [5.41, 5.74) is 3.26. The molecule has 0 radical (unpaired) electrons. The Morgan fingerprint density at radius 2 is 2.17 bits per heavy atom. The number of halogens is 1. The fourth-order valence-corrected chi connectivity index (χ4v) is 3.23. The van der Waals surface area contributed by atoms with Crippen LogP contribution in [-0.4, -0.2) is 35.0 Å². The van der Waals surface area contributed by atoms with Gasteiger partial charge in [-0.3, -0.25) is 4.98 Å². The smallest absolute Gasteiger partial charge is 0.151 e. The summed E-state index contributed by atoms with van der Waals surface area (Å²) in [7, 11) is 0. The maximum Gasteiger partial charge on any atom is 0.151 e. The molecule has 1 aliphatic rings. The SMILES string of the molecule is Cc1cc(-c2cccc(F)c2)nnc1NCc1ccncc1OCC1CCOC1. The van der Waals surface area contributed by atoms with Crippen LogP contribution >= 0.6 is 0 Å². The molecule has 3 aromatic rings. The molecule has 3 heterocycles. The third-order valence-electron chi connectivity index (χ3n) is 4.92. The minimum absolute atomic E-state index is 0.293. The van der Waals surface area contributed by atoms with Gasteiger partial charge < -0.3 is 14.8 Å². The van der Waals surface area contributed by atoms with Crippen molar-refractivity contribution in [2.45, 2.75) is 19.9 Å². The van der Waals surface area contributed by atoms with Crippen LogP contribution in [-0.2, 0) is 11.3 Å². The van der Waals surface area contributed by atoms with E-state index in [1.54, 1.807) is 18.5 Å². The van der Waals surface area contributed by atoms with Crippen LogP contribution in [0.25, 0.3) is 11.3 Å². The first-order chi connectivity index (χ1) is 14.2. The van der Waals surface area contributed by atoms with E-state index in [2.05, 4.69) is 20.5 Å². The quantitative estimate of drug-likeness (QED) is 0.653. The van der Waals surface area contributed by atoms with E-state index >= 15 is 0 Å². The number of nitrogens with one attached hydrogen (secondary N) is 1. The number of anilines is 1. The van der Waals surface area contributed by atoms with Gasteiger partial charge in [-0.25, -0.2) is 4.39 Å². The van der Waals surface area contributed by atoms with Crippen molar-refractivity contribution in [2.75, 3.05) is 25.1 Å². The molecule has 29 heavy (non-hydrogen) atoms. The van der Waals surface area contributed by atoms with Crippen molar-refractivity contribution in [3.8, 4) is 17.0 Å². The normalized spacial score (nSPS) is 16.0. The van der Waals surface area contributed by atoms with E-state index in [9.17, 15) is 4.39 Å². The van der Waals surface area contributed by atoms with Crippen molar-refractivity contribution in [1.82, 2.24) is 15.2 Å². The van der Waals surface area contributed by atoms with E-state index < -0.39 is 0 Å². The Hall–Kier alpha value is -3.06. The lowest BCUT2D eigenvalue weighted by atomic mass is 10.1. The van der Waals surface area contributed by atoms with Gasteiger partial charge in [-0.05, 0) is 43.2 Å². The summed E-state index contributed by atoms with van der Waals surface area (Å²) in [6.07, 6.45) is 4.51. The van der Waals surface area contributed by atoms with E-state index in [0.717, 1.165) is 36.5 Å². The summed E-state index contributed by atoms with van der Waals surface area (Å²) >= 11 is 0. The van der Waals surface area contributed by atoms with Crippen LogP contribution in [0.4, 0.5) is 10.2 Å². The zero-order valence-electron chi connectivity index (χ0n) is 16.3. The number of hydrogen-bond acceptors (Lipinski definition) is 6. The molecule has 6 nitrogen and oxygen atoms in total. The maximum absolute atomic E-state index is 13.5. The lowest BCUT2D eigenvalue weighted by molar-refractivity contribution is 0.166. The molecule has 1 aromatic carbocycles. The molecular weight excluding hydrogens is 371 g/mol. The first kappa shape index (κ1) is 19.3. The topological polar surface area (TPSA) is 69.2 Å². The highest BCUT2D eigenvalue weighted by molar-refractivity contribution is 5.61. The molecule has 0 aliphatic carbocycles. The van der Waals surface area contributed by atoms with Gasteiger partial charge in [0.15, 0.2) is 5.82 Å². The standard InChI is InChI=1S/C22H23FN4O2/c1-15-9-20(17-3-2-4-19(23)10-17)26-27-22(15)25-11-18-5-7-24-12-21(18)29-14-16-6-8-28-13-16/h2-5,7,9-10,12,16H,6,8,11,13-14H2,1H3,(H,25,27). The van der Waals surface area contributed by atoms with E-state index in [1.807, 2.05) is 25.1 Å². The van der Waals surface area contributed by atoms with E-state index in [0.29, 0.717) is 36.1 Å². The Morgan fingerprint density at radius 3 is 2.97 bits per heavy atom. The molecule has 150 valence electrons. The molecule has 0 saturated carbocycles. The molecule has 0 amide bonds. The second-order valence-electron chi connectivity index (χ2n) is 7.15. The third-order valence-corrected chi connectivity index (χ3v) is 4.92. The first-order valence-corrected chi connectivity index (χ1v) is 9.66. The molecule has 4 rings (SSSR count). The molecule has 1 aliphatic heterocycles. The van der Waals surface area contributed by atoms with Crippen molar-refractivity contribution in [2.24, 2.45) is 5.92 Å². The number of nitrogens with zero attached hydrogens (tertiary/aromatic N) is 3. The molecule has 1 fully saturated rings. The fraction of sp³-hybridized carbons (Fsp3) is 0.318. The Balaban J connectivity index is 1.42. The summed E-state index contributed by atoms with van der Waals surface area (Å²) in [6, 6.07) is 10.2. The molecule has 0 bridgehead atoms. The van der Waals surface area contributed by atoms with E-state index in [-0.39, 0.29) is 5.82 Å². The van der Waals surface area contributed by atoms with Crippen molar-refractivity contribution >= 4 is 5.82 Å². The Labute approximate surface area is 169 Å². The molecule has 7 heteroatoms. The largest absolute Gasteiger partial charge is 0.491 e. The van der Waals surface area contributed by atoms with Gasteiger partial charge in [-0.2, -0.15) is 0 Å². The summed E-state index contributed by atoms with van der Waals surface area (Å²) in [6.45, 7) is 4.66. The van der Waals surface area contributed by atoms with Gasteiger partial charge in [-0.15, -0.1) is 10.2 Å². The summed E-state index contributed by atoms with van der Waals surface area (Å²) in [4.78, 5) is 4.17. The Kier molecular flexibility index (Phi) is 5.95. The average molecular weight is 394 g/mol. The Bertz CT molecular complexity index is 977.